The first-order valence-electron chi connectivity index (χ1n) is 4.44. The maximum absolute atomic E-state index is 12.1. The highest BCUT2D eigenvalue weighted by atomic mass is 79.9. The summed E-state index contributed by atoms with van der Waals surface area (Å²) in [7, 11) is 0. The predicted molar refractivity (Wildman–Crippen MR) is 63.5 cm³/mol. The average Bonchev–Trinajstić information content (AvgIpc) is 2.18. The molecule has 17 heavy (non-hydrogen) atoms. The summed E-state index contributed by atoms with van der Waals surface area (Å²) in [4.78, 5) is 11.1. The zero-order chi connectivity index (χ0) is 13.2. The van der Waals surface area contributed by atoms with Crippen molar-refractivity contribution in [3.63, 3.8) is 0 Å². The molecule has 1 rings (SSSR count). The molecule has 0 aliphatic rings. The van der Waals surface area contributed by atoms with Gasteiger partial charge in [0.05, 0.1) is 9.30 Å². The number of rotatable bonds is 3. The van der Waals surface area contributed by atoms with Crippen LogP contribution in [0, 0.1) is 0 Å². The number of Topliss-reactive ketones (excluding diaryl/α,β-unsaturated/α-hetero) is 1. The van der Waals surface area contributed by atoms with Crippen LogP contribution in [-0.2, 0) is 0 Å². The largest absolute Gasteiger partial charge is 0.573 e. The number of hydrogen-bond acceptors (Lipinski definition) is 2. The van der Waals surface area contributed by atoms with Crippen molar-refractivity contribution >= 4 is 37.6 Å². The molecule has 0 fully saturated rings. The van der Waals surface area contributed by atoms with Crippen LogP contribution in [0.15, 0.2) is 22.7 Å². The van der Waals surface area contributed by atoms with E-state index in [0.717, 1.165) is 6.07 Å². The lowest BCUT2D eigenvalue weighted by Gasteiger charge is -2.12. The molecule has 0 aliphatic heterocycles. The fourth-order valence-electron chi connectivity index (χ4n) is 1.09. The zero-order valence-electron chi connectivity index (χ0n) is 8.52. The first-order chi connectivity index (χ1) is 7.70. The minimum Gasteiger partial charge on any atom is -0.405 e. The Bertz CT molecular complexity index is 430. The number of ketones is 1. The summed E-state index contributed by atoms with van der Waals surface area (Å²) >= 11 is 5.98. The van der Waals surface area contributed by atoms with Crippen molar-refractivity contribution in [2.24, 2.45) is 0 Å². The molecule has 0 aliphatic carbocycles. The molecule has 0 heterocycles. The van der Waals surface area contributed by atoms with E-state index in [1.165, 1.54) is 12.1 Å². The third kappa shape index (κ3) is 4.31. The third-order valence-corrected chi connectivity index (χ3v) is 2.87. The molecule has 0 amide bonds. The summed E-state index contributed by atoms with van der Waals surface area (Å²) in [6.45, 7) is 1.59. The second kappa shape index (κ2) is 5.39. The van der Waals surface area contributed by atoms with E-state index in [9.17, 15) is 18.0 Å². The first-order valence-corrected chi connectivity index (χ1v) is 6.15. The minimum atomic E-state index is -4.79. The van der Waals surface area contributed by atoms with Crippen molar-refractivity contribution in [1.82, 2.24) is 0 Å². The van der Waals surface area contributed by atoms with Crippen LogP contribution in [0.4, 0.5) is 13.2 Å². The van der Waals surface area contributed by atoms with E-state index >= 15 is 0 Å². The molecule has 0 radical (unpaired) electrons. The van der Waals surface area contributed by atoms with Crippen LogP contribution in [0.2, 0.25) is 0 Å². The Hall–Kier alpha value is -0.560. The van der Waals surface area contributed by atoms with Gasteiger partial charge in [0.2, 0.25) is 0 Å². The second-order valence-corrected chi connectivity index (χ2v) is 5.40. The molecule has 0 saturated carbocycles. The van der Waals surface area contributed by atoms with Gasteiger partial charge in [0, 0.05) is 5.56 Å². The molecule has 0 bridgehead atoms. The summed E-state index contributed by atoms with van der Waals surface area (Å²) in [6.07, 6.45) is -4.79. The predicted octanol–water partition coefficient (Wildman–Crippen LogP) is 4.31. The van der Waals surface area contributed by atoms with Crippen LogP contribution in [0.1, 0.15) is 17.3 Å². The van der Waals surface area contributed by atoms with Crippen LogP contribution in [0.25, 0.3) is 0 Å². The normalized spacial score (nSPS) is 13.3. The van der Waals surface area contributed by atoms with Gasteiger partial charge in [-0.1, -0.05) is 15.9 Å². The zero-order valence-corrected chi connectivity index (χ0v) is 11.7. The van der Waals surface area contributed by atoms with Crippen molar-refractivity contribution in [2.75, 3.05) is 0 Å². The number of carbonyl (C=O) groups excluding carboxylic acids is 1. The molecule has 94 valence electrons. The highest BCUT2D eigenvalue weighted by molar-refractivity contribution is 9.10. The molecule has 0 saturated heterocycles. The van der Waals surface area contributed by atoms with Crippen molar-refractivity contribution in [2.45, 2.75) is 18.1 Å². The molecule has 7 heteroatoms. The Labute approximate surface area is 112 Å². The summed E-state index contributed by atoms with van der Waals surface area (Å²) in [5, 5.41) is 0. The van der Waals surface area contributed by atoms with Crippen molar-refractivity contribution in [3.05, 3.63) is 28.2 Å². The van der Waals surface area contributed by atoms with Gasteiger partial charge < -0.3 is 4.74 Å². The van der Waals surface area contributed by atoms with Gasteiger partial charge in [-0.3, -0.25) is 4.79 Å². The molecule has 1 unspecified atom stereocenters. The standard InChI is InChI=1S/C10H7Br2F3O2/c1-5(11)9(16)6-2-3-7(12)8(4-6)17-10(13,14)15/h2-5H,1H3. The molecule has 0 aromatic heterocycles. The molecule has 0 spiro atoms. The molecule has 1 atom stereocenters. The number of ether oxygens (including phenoxy) is 1. The molecule has 0 N–H and O–H groups in total. The smallest absolute Gasteiger partial charge is 0.405 e. The molecular weight excluding hydrogens is 369 g/mol. The number of halogens is 5. The monoisotopic (exact) mass is 374 g/mol. The van der Waals surface area contributed by atoms with E-state index in [-0.39, 0.29) is 15.8 Å². The van der Waals surface area contributed by atoms with Gasteiger partial charge in [0.25, 0.3) is 0 Å². The summed E-state index contributed by atoms with van der Waals surface area (Å²) < 4.78 is 40.1. The topological polar surface area (TPSA) is 26.3 Å². The van der Waals surface area contributed by atoms with E-state index in [1.807, 2.05) is 0 Å². The van der Waals surface area contributed by atoms with Gasteiger partial charge in [-0.15, -0.1) is 13.2 Å². The number of hydrogen-bond donors (Lipinski definition) is 0. The summed E-state index contributed by atoms with van der Waals surface area (Å²) in [5.41, 5.74) is 0.150. The maximum Gasteiger partial charge on any atom is 0.573 e. The lowest BCUT2D eigenvalue weighted by atomic mass is 10.1. The average molecular weight is 376 g/mol. The lowest BCUT2D eigenvalue weighted by molar-refractivity contribution is -0.274. The Morgan fingerprint density at radius 2 is 2.00 bits per heavy atom. The second-order valence-electron chi connectivity index (χ2n) is 3.17. The number of carbonyl (C=O) groups is 1. The Kier molecular flexibility index (Phi) is 4.60. The van der Waals surface area contributed by atoms with Crippen molar-refractivity contribution in [1.29, 1.82) is 0 Å². The maximum atomic E-state index is 12.1. The van der Waals surface area contributed by atoms with Crippen molar-refractivity contribution < 1.29 is 22.7 Å². The van der Waals surface area contributed by atoms with Gasteiger partial charge >= 0.3 is 6.36 Å². The van der Waals surface area contributed by atoms with E-state index in [1.54, 1.807) is 6.92 Å². The molecule has 2 nitrogen and oxygen atoms in total. The van der Waals surface area contributed by atoms with Crippen LogP contribution < -0.4 is 4.74 Å². The van der Waals surface area contributed by atoms with E-state index in [0.29, 0.717) is 0 Å². The first kappa shape index (κ1) is 14.5. The minimum absolute atomic E-state index is 0.133. The number of alkyl halides is 4. The quantitative estimate of drug-likeness (QED) is 0.581. The van der Waals surface area contributed by atoms with E-state index < -0.39 is 16.9 Å². The fraction of sp³-hybridized carbons (Fsp3) is 0.300. The molecule has 1 aromatic carbocycles. The van der Waals surface area contributed by atoms with E-state index in [4.69, 9.17) is 0 Å². The van der Waals surface area contributed by atoms with Crippen LogP contribution in [0.3, 0.4) is 0 Å². The summed E-state index contributed by atoms with van der Waals surface area (Å²) in [5.74, 6) is -0.749. The Morgan fingerprint density at radius 3 is 2.47 bits per heavy atom. The Balaban J connectivity index is 3.07. The van der Waals surface area contributed by atoms with Gasteiger partial charge in [-0.25, -0.2) is 0 Å². The number of benzene rings is 1. The van der Waals surface area contributed by atoms with Gasteiger partial charge in [0.1, 0.15) is 5.75 Å². The highest BCUT2D eigenvalue weighted by Gasteiger charge is 2.32. The van der Waals surface area contributed by atoms with E-state index in [2.05, 4.69) is 36.6 Å². The third-order valence-electron chi connectivity index (χ3n) is 1.80. The summed E-state index contributed by atoms with van der Waals surface area (Å²) in [6, 6.07) is 3.81. The fourth-order valence-corrected chi connectivity index (χ4v) is 1.68. The van der Waals surface area contributed by atoms with Gasteiger partial charge in [-0.05, 0) is 41.1 Å². The van der Waals surface area contributed by atoms with Crippen LogP contribution in [0.5, 0.6) is 5.75 Å². The van der Waals surface area contributed by atoms with Crippen LogP contribution in [-0.4, -0.2) is 17.0 Å². The lowest BCUT2D eigenvalue weighted by Crippen LogP contribution is -2.18. The van der Waals surface area contributed by atoms with Crippen LogP contribution >= 0.6 is 31.9 Å². The van der Waals surface area contributed by atoms with Gasteiger partial charge in [0.15, 0.2) is 5.78 Å². The van der Waals surface area contributed by atoms with Gasteiger partial charge in [-0.2, -0.15) is 0 Å². The highest BCUT2D eigenvalue weighted by Crippen LogP contribution is 2.31. The molecule has 1 aromatic rings. The SMILES string of the molecule is CC(Br)C(=O)c1ccc(Br)c(OC(F)(F)F)c1. The Morgan fingerprint density at radius 1 is 1.41 bits per heavy atom. The molecular formula is C10H7Br2F3O2. The van der Waals surface area contributed by atoms with Crippen molar-refractivity contribution in [3.8, 4) is 5.75 Å².